The number of H-pyrrole nitrogens is 1. The van der Waals surface area contributed by atoms with Crippen LogP contribution in [-0.2, 0) is 11.2 Å². The highest BCUT2D eigenvalue weighted by Crippen LogP contribution is 2.35. The maximum absolute atomic E-state index is 13.4. The fraction of sp³-hybridized carbons (Fsp3) is 0.318. The summed E-state index contributed by atoms with van der Waals surface area (Å²) >= 11 is 0. The summed E-state index contributed by atoms with van der Waals surface area (Å²) in [6.45, 7) is 3.77. The molecular formula is C22H22N4O3. The van der Waals surface area contributed by atoms with E-state index in [9.17, 15) is 4.79 Å². The Hall–Kier alpha value is -3.19. The van der Waals surface area contributed by atoms with Crippen LogP contribution in [0.25, 0.3) is 28.2 Å². The van der Waals surface area contributed by atoms with Crippen molar-refractivity contribution in [1.29, 1.82) is 0 Å². The van der Waals surface area contributed by atoms with Crippen LogP contribution in [-0.4, -0.2) is 26.7 Å². The van der Waals surface area contributed by atoms with E-state index in [1.54, 1.807) is 7.11 Å². The Kier molecular flexibility index (Phi) is 4.13. The van der Waals surface area contributed by atoms with Crippen LogP contribution in [0, 0.1) is 13.8 Å². The fourth-order valence-electron chi connectivity index (χ4n) is 4.20. The fourth-order valence-corrected chi connectivity index (χ4v) is 4.20. The standard InChI is InChI=1S/C22H22N4O3/c1-12-18(21-24-19-15(28-3)10-7-11-16(19)29-21)22(27)26-20(23-12)17(13(2)25-26)14-8-5-4-6-9-14/h4-6,8-9,15,25H,7,10-11H2,1-3H3. The number of aryl methyl sites for hydroxylation is 3. The van der Waals surface area contributed by atoms with Crippen LogP contribution in [0.1, 0.15) is 41.8 Å². The van der Waals surface area contributed by atoms with Gasteiger partial charge in [-0.2, -0.15) is 0 Å². The molecule has 1 N–H and O–H groups in total. The number of oxazole rings is 1. The lowest BCUT2D eigenvalue weighted by Gasteiger charge is -2.17. The van der Waals surface area contributed by atoms with E-state index in [-0.39, 0.29) is 11.7 Å². The average Bonchev–Trinajstić information content (AvgIpc) is 3.29. The van der Waals surface area contributed by atoms with Gasteiger partial charge in [0.05, 0.1) is 5.69 Å². The van der Waals surface area contributed by atoms with Gasteiger partial charge in [-0.05, 0) is 32.3 Å². The van der Waals surface area contributed by atoms with Crippen LogP contribution in [0.5, 0.6) is 0 Å². The molecule has 29 heavy (non-hydrogen) atoms. The lowest BCUT2D eigenvalue weighted by Crippen LogP contribution is -2.19. The van der Waals surface area contributed by atoms with E-state index in [0.29, 0.717) is 22.8 Å². The van der Waals surface area contributed by atoms with Crippen LogP contribution >= 0.6 is 0 Å². The van der Waals surface area contributed by atoms with Gasteiger partial charge in [0.15, 0.2) is 5.65 Å². The molecule has 0 fully saturated rings. The van der Waals surface area contributed by atoms with Gasteiger partial charge in [-0.25, -0.2) is 14.5 Å². The Morgan fingerprint density at radius 2 is 1.97 bits per heavy atom. The third-order valence-corrected chi connectivity index (χ3v) is 5.61. The molecule has 0 amide bonds. The van der Waals surface area contributed by atoms with Gasteiger partial charge in [0, 0.05) is 24.8 Å². The summed E-state index contributed by atoms with van der Waals surface area (Å²) in [5.41, 5.74) is 4.97. The Morgan fingerprint density at radius 1 is 1.17 bits per heavy atom. The van der Waals surface area contributed by atoms with Gasteiger partial charge in [0.25, 0.3) is 5.56 Å². The van der Waals surface area contributed by atoms with E-state index >= 15 is 0 Å². The third-order valence-electron chi connectivity index (χ3n) is 5.61. The van der Waals surface area contributed by atoms with Crippen molar-refractivity contribution in [3.8, 4) is 22.6 Å². The predicted molar refractivity (Wildman–Crippen MR) is 109 cm³/mol. The number of nitrogens with one attached hydrogen (secondary N) is 1. The first-order valence-electron chi connectivity index (χ1n) is 9.78. The minimum absolute atomic E-state index is 0.0894. The molecule has 1 aromatic carbocycles. The molecule has 0 radical (unpaired) electrons. The number of ether oxygens (including phenoxy) is 1. The second-order valence-corrected chi connectivity index (χ2v) is 7.46. The molecule has 0 spiro atoms. The average molecular weight is 390 g/mol. The van der Waals surface area contributed by atoms with Crippen molar-refractivity contribution in [3.63, 3.8) is 0 Å². The molecule has 7 heteroatoms. The van der Waals surface area contributed by atoms with Crippen molar-refractivity contribution in [3.05, 3.63) is 63.5 Å². The Morgan fingerprint density at radius 3 is 2.72 bits per heavy atom. The molecule has 3 aromatic heterocycles. The molecule has 1 aliphatic carbocycles. The van der Waals surface area contributed by atoms with Crippen LogP contribution in [0.15, 0.2) is 39.5 Å². The summed E-state index contributed by atoms with van der Waals surface area (Å²) in [6.07, 6.45) is 2.60. The highest BCUT2D eigenvalue weighted by molar-refractivity contribution is 5.80. The summed E-state index contributed by atoms with van der Waals surface area (Å²) in [5.74, 6) is 1.12. The predicted octanol–water partition coefficient (Wildman–Crippen LogP) is 3.99. The first kappa shape index (κ1) is 17.9. The molecule has 5 rings (SSSR count). The minimum atomic E-state index is -0.217. The smallest absolute Gasteiger partial charge is 0.285 e. The zero-order valence-electron chi connectivity index (χ0n) is 16.7. The van der Waals surface area contributed by atoms with Gasteiger partial charge in [0.1, 0.15) is 23.1 Å². The van der Waals surface area contributed by atoms with E-state index in [0.717, 1.165) is 47.5 Å². The molecule has 148 valence electrons. The van der Waals surface area contributed by atoms with Crippen molar-refractivity contribution in [1.82, 2.24) is 19.6 Å². The number of hydrogen-bond acceptors (Lipinski definition) is 5. The normalized spacial score (nSPS) is 16.3. The molecule has 0 saturated heterocycles. The topological polar surface area (TPSA) is 85.4 Å². The molecule has 4 aromatic rings. The lowest BCUT2D eigenvalue weighted by molar-refractivity contribution is 0.0828. The number of benzene rings is 1. The van der Waals surface area contributed by atoms with Gasteiger partial charge in [0.2, 0.25) is 5.89 Å². The molecule has 0 aliphatic heterocycles. The Bertz CT molecular complexity index is 1270. The number of rotatable bonds is 3. The molecule has 0 bridgehead atoms. The van der Waals surface area contributed by atoms with Gasteiger partial charge >= 0.3 is 0 Å². The summed E-state index contributed by atoms with van der Waals surface area (Å²) in [4.78, 5) is 22.8. The molecule has 3 heterocycles. The van der Waals surface area contributed by atoms with Crippen LogP contribution in [0.2, 0.25) is 0 Å². The number of fused-ring (bicyclic) bond motifs is 2. The van der Waals surface area contributed by atoms with Crippen molar-refractivity contribution in [2.24, 2.45) is 0 Å². The van der Waals surface area contributed by atoms with E-state index in [1.165, 1.54) is 4.52 Å². The van der Waals surface area contributed by atoms with E-state index < -0.39 is 0 Å². The summed E-state index contributed by atoms with van der Waals surface area (Å²) < 4.78 is 13.0. The van der Waals surface area contributed by atoms with Crippen molar-refractivity contribution in [2.75, 3.05) is 7.11 Å². The second kappa shape index (κ2) is 6.70. The van der Waals surface area contributed by atoms with Crippen molar-refractivity contribution < 1.29 is 9.15 Å². The zero-order chi connectivity index (χ0) is 20.1. The number of aromatic amines is 1. The highest BCUT2D eigenvalue weighted by atomic mass is 16.5. The minimum Gasteiger partial charge on any atom is -0.440 e. The number of aromatic nitrogens is 4. The largest absolute Gasteiger partial charge is 0.440 e. The maximum Gasteiger partial charge on any atom is 0.285 e. The first-order chi connectivity index (χ1) is 14.1. The van der Waals surface area contributed by atoms with E-state index in [1.807, 2.05) is 44.2 Å². The zero-order valence-corrected chi connectivity index (χ0v) is 16.7. The molecule has 1 aliphatic rings. The molecule has 0 saturated carbocycles. The molecule has 7 nitrogen and oxygen atoms in total. The van der Waals surface area contributed by atoms with Gasteiger partial charge < -0.3 is 9.15 Å². The summed E-state index contributed by atoms with van der Waals surface area (Å²) in [6, 6.07) is 9.94. The SMILES string of the molecule is COC1CCCc2oc(-c3c(C)nc4c(-c5ccccc5)c(C)[nH]n4c3=O)nc21. The Labute approximate surface area is 167 Å². The Balaban J connectivity index is 1.72. The number of hydrogen-bond donors (Lipinski definition) is 1. The number of nitrogens with zero attached hydrogens (tertiary/aromatic N) is 3. The third kappa shape index (κ3) is 2.73. The van der Waals surface area contributed by atoms with Gasteiger partial charge in [-0.1, -0.05) is 30.3 Å². The van der Waals surface area contributed by atoms with Crippen LogP contribution < -0.4 is 5.56 Å². The van der Waals surface area contributed by atoms with Crippen LogP contribution in [0.4, 0.5) is 0 Å². The van der Waals surface area contributed by atoms with E-state index in [4.69, 9.17) is 14.1 Å². The molecular weight excluding hydrogens is 368 g/mol. The maximum atomic E-state index is 13.4. The van der Waals surface area contributed by atoms with E-state index in [2.05, 4.69) is 10.1 Å². The lowest BCUT2D eigenvalue weighted by atomic mass is 9.99. The van der Waals surface area contributed by atoms with Crippen LogP contribution in [0.3, 0.4) is 0 Å². The molecule has 1 atom stereocenters. The highest BCUT2D eigenvalue weighted by Gasteiger charge is 2.29. The second-order valence-electron chi connectivity index (χ2n) is 7.46. The summed E-state index contributed by atoms with van der Waals surface area (Å²) in [7, 11) is 1.68. The molecule has 1 unspecified atom stereocenters. The summed E-state index contributed by atoms with van der Waals surface area (Å²) in [5, 5.41) is 3.16. The number of methoxy groups -OCH3 is 1. The monoisotopic (exact) mass is 390 g/mol. The van der Waals surface area contributed by atoms with Gasteiger partial charge in [-0.15, -0.1) is 0 Å². The van der Waals surface area contributed by atoms with Gasteiger partial charge in [-0.3, -0.25) is 9.89 Å². The first-order valence-corrected chi connectivity index (χ1v) is 9.78. The quantitative estimate of drug-likeness (QED) is 0.572. The van der Waals surface area contributed by atoms with Crippen molar-refractivity contribution in [2.45, 2.75) is 39.2 Å². The van der Waals surface area contributed by atoms with Crippen molar-refractivity contribution >= 4 is 5.65 Å².